The van der Waals surface area contributed by atoms with Gasteiger partial charge in [0.1, 0.15) is 17.6 Å². The fourth-order valence-electron chi connectivity index (χ4n) is 4.73. The van der Waals surface area contributed by atoms with Crippen molar-refractivity contribution in [2.24, 2.45) is 23.0 Å². The van der Waals surface area contributed by atoms with Gasteiger partial charge in [0.25, 0.3) is 0 Å². The predicted molar refractivity (Wildman–Crippen MR) is 107 cm³/mol. The first-order valence-electron chi connectivity index (χ1n) is 9.66. The molecule has 0 aromatic heterocycles. The van der Waals surface area contributed by atoms with Gasteiger partial charge in [0.05, 0.1) is 37.6 Å². The van der Waals surface area contributed by atoms with Gasteiger partial charge < -0.3 is 15.2 Å². The number of nitrogens with two attached hydrogens (primary N) is 1. The molecule has 0 aliphatic heterocycles. The third kappa shape index (κ3) is 3.00. The van der Waals surface area contributed by atoms with E-state index in [0.29, 0.717) is 23.0 Å². The molecule has 3 rings (SSSR count). The van der Waals surface area contributed by atoms with E-state index >= 15 is 0 Å². The zero-order chi connectivity index (χ0) is 21.2. The number of benzene rings is 1. The van der Waals surface area contributed by atoms with Crippen molar-refractivity contribution in [2.75, 3.05) is 14.2 Å². The molecule has 1 aromatic rings. The van der Waals surface area contributed by atoms with E-state index < -0.39 is 11.3 Å². The van der Waals surface area contributed by atoms with E-state index in [4.69, 9.17) is 15.2 Å². The maximum absolute atomic E-state index is 10.2. The maximum Gasteiger partial charge on any atom is 0.191 e. The molecule has 2 aliphatic rings. The lowest BCUT2D eigenvalue weighted by Gasteiger charge is -2.45. The summed E-state index contributed by atoms with van der Waals surface area (Å²) in [5, 5.41) is 30.1. The monoisotopic (exact) mass is 388 g/mol. The first-order valence-corrected chi connectivity index (χ1v) is 9.66. The maximum atomic E-state index is 10.2. The summed E-state index contributed by atoms with van der Waals surface area (Å²) in [6, 6.07) is 11.9. The molecule has 0 radical (unpaired) electrons. The summed E-state index contributed by atoms with van der Waals surface area (Å²) in [6.07, 6.45) is 4.67. The molecule has 1 aromatic carbocycles. The zero-order valence-corrected chi connectivity index (χ0v) is 16.9. The van der Waals surface area contributed by atoms with Crippen molar-refractivity contribution in [1.29, 1.82) is 15.8 Å². The van der Waals surface area contributed by atoms with Crippen molar-refractivity contribution in [3.63, 3.8) is 0 Å². The van der Waals surface area contributed by atoms with E-state index in [0.717, 1.165) is 24.8 Å². The summed E-state index contributed by atoms with van der Waals surface area (Å²) in [7, 11) is 3.12. The molecule has 148 valence electrons. The Morgan fingerprint density at radius 1 is 1.17 bits per heavy atom. The van der Waals surface area contributed by atoms with Gasteiger partial charge in [-0.15, -0.1) is 0 Å². The highest BCUT2D eigenvalue weighted by Gasteiger charge is 2.55. The first-order chi connectivity index (χ1) is 14.0. The van der Waals surface area contributed by atoms with Crippen LogP contribution >= 0.6 is 0 Å². The average Bonchev–Trinajstić information content (AvgIpc) is 2.77. The lowest BCUT2D eigenvalue weighted by Crippen LogP contribution is -2.43. The predicted octanol–water partition coefficient (Wildman–Crippen LogP) is 3.93. The molecule has 3 unspecified atom stereocenters. The molecule has 0 bridgehead atoms. The van der Waals surface area contributed by atoms with Gasteiger partial charge in [-0.1, -0.05) is 19.4 Å². The van der Waals surface area contributed by atoms with Crippen LogP contribution in [0.5, 0.6) is 11.5 Å². The van der Waals surface area contributed by atoms with Crippen molar-refractivity contribution in [2.45, 2.75) is 32.1 Å². The molecule has 29 heavy (non-hydrogen) atoms. The molecule has 6 nitrogen and oxygen atoms in total. The van der Waals surface area contributed by atoms with Crippen LogP contribution < -0.4 is 15.2 Å². The molecule has 2 N–H and O–H groups in total. The van der Waals surface area contributed by atoms with E-state index in [1.165, 1.54) is 0 Å². The van der Waals surface area contributed by atoms with Gasteiger partial charge in [-0.2, -0.15) is 15.8 Å². The van der Waals surface area contributed by atoms with Crippen LogP contribution in [-0.2, 0) is 0 Å². The second-order valence-corrected chi connectivity index (χ2v) is 7.53. The summed E-state index contributed by atoms with van der Waals surface area (Å²) >= 11 is 0. The number of hydrogen-bond donors (Lipinski definition) is 1. The molecule has 0 saturated heterocycles. The van der Waals surface area contributed by atoms with Gasteiger partial charge in [0.2, 0.25) is 0 Å². The zero-order valence-electron chi connectivity index (χ0n) is 16.9. The Morgan fingerprint density at radius 2 is 1.90 bits per heavy atom. The van der Waals surface area contributed by atoms with E-state index in [-0.39, 0.29) is 17.2 Å². The lowest BCUT2D eigenvalue weighted by molar-refractivity contribution is 0.264. The summed E-state index contributed by atoms with van der Waals surface area (Å²) in [5.41, 5.74) is 6.52. The molecule has 0 saturated carbocycles. The Labute approximate surface area is 171 Å². The summed E-state index contributed by atoms with van der Waals surface area (Å²) in [5.74, 6) is 0.831. The van der Waals surface area contributed by atoms with Gasteiger partial charge >= 0.3 is 0 Å². The minimum absolute atomic E-state index is 0.0253. The van der Waals surface area contributed by atoms with Gasteiger partial charge in [-0.05, 0) is 48.4 Å². The van der Waals surface area contributed by atoms with E-state index in [9.17, 15) is 15.8 Å². The number of fused-ring (bicyclic) bond motifs is 1. The van der Waals surface area contributed by atoms with Crippen molar-refractivity contribution in [3.8, 4) is 29.7 Å². The quantitative estimate of drug-likeness (QED) is 0.835. The van der Waals surface area contributed by atoms with Gasteiger partial charge in [0, 0.05) is 11.5 Å². The van der Waals surface area contributed by atoms with Crippen molar-refractivity contribution in [3.05, 3.63) is 46.7 Å². The number of rotatable bonds is 4. The molecular weight excluding hydrogens is 364 g/mol. The van der Waals surface area contributed by atoms with Gasteiger partial charge in [-0.3, -0.25) is 0 Å². The number of ether oxygens (including phenoxy) is 2. The van der Waals surface area contributed by atoms with E-state index in [1.807, 2.05) is 6.07 Å². The number of methoxy groups -OCH3 is 2. The highest BCUT2D eigenvalue weighted by molar-refractivity contribution is 5.61. The molecule has 0 amide bonds. The molecule has 0 spiro atoms. The topological polar surface area (TPSA) is 116 Å². The number of hydrogen-bond acceptors (Lipinski definition) is 6. The third-order valence-corrected chi connectivity index (χ3v) is 6.32. The molecule has 2 aliphatic carbocycles. The normalized spacial score (nSPS) is 25.0. The number of allylic oxidation sites excluding steroid dienone is 4. The third-order valence-electron chi connectivity index (χ3n) is 6.32. The molecule has 6 heteroatoms. The van der Waals surface area contributed by atoms with Crippen LogP contribution in [0.4, 0.5) is 0 Å². The SMILES string of the molecule is CCC1CC=C2C(C#N)=C(N)C(C#N)(C#N)C(c3cc(OC)ccc3OC)C2C1. The molecule has 0 heterocycles. The fourth-order valence-corrected chi connectivity index (χ4v) is 4.73. The summed E-state index contributed by atoms with van der Waals surface area (Å²) in [4.78, 5) is 0. The van der Waals surface area contributed by atoms with Crippen LogP contribution in [-0.4, -0.2) is 14.2 Å². The van der Waals surface area contributed by atoms with Crippen molar-refractivity contribution in [1.82, 2.24) is 0 Å². The highest BCUT2D eigenvalue weighted by atomic mass is 16.5. The summed E-state index contributed by atoms with van der Waals surface area (Å²) < 4.78 is 11.0. The largest absolute Gasteiger partial charge is 0.497 e. The lowest BCUT2D eigenvalue weighted by atomic mass is 9.55. The fraction of sp³-hybridized carbons (Fsp3) is 0.435. The average molecular weight is 388 g/mol. The second kappa shape index (κ2) is 7.90. The molecular formula is C23H24N4O2. The van der Waals surface area contributed by atoms with Crippen LogP contribution in [0.2, 0.25) is 0 Å². The van der Waals surface area contributed by atoms with Crippen LogP contribution in [0.25, 0.3) is 0 Å². The van der Waals surface area contributed by atoms with Crippen LogP contribution in [0.3, 0.4) is 0 Å². The number of nitriles is 3. The van der Waals surface area contributed by atoms with Gasteiger partial charge in [-0.25, -0.2) is 0 Å². The Hall–Kier alpha value is -3.43. The minimum Gasteiger partial charge on any atom is -0.497 e. The Kier molecular flexibility index (Phi) is 5.53. The standard InChI is InChI=1S/C23H24N4O2/c1-4-14-5-7-16-17(9-14)21(18-10-15(28-2)6-8-20(18)29-3)23(12-25,13-26)22(27)19(16)11-24/h6-8,10,14,17,21H,4-5,9,27H2,1-3H3. The Bertz CT molecular complexity index is 989. The van der Waals surface area contributed by atoms with Gasteiger partial charge in [0.15, 0.2) is 5.41 Å². The number of nitrogens with zero attached hydrogens (tertiary/aromatic N) is 3. The molecule has 3 atom stereocenters. The Morgan fingerprint density at radius 3 is 2.45 bits per heavy atom. The van der Waals surface area contributed by atoms with E-state index in [1.54, 1.807) is 26.4 Å². The second-order valence-electron chi connectivity index (χ2n) is 7.53. The highest BCUT2D eigenvalue weighted by Crippen LogP contribution is 2.58. The smallest absolute Gasteiger partial charge is 0.191 e. The van der Waals surface area contributed by atoms with Crippen LogP contribution in [0.1, 0.15) is 37.7 Å². The van der Waals surface area contributed by atoms with Crippen LogP contribution in [0, 0.1) is 51.2 Å². The minimum atomic E-state index is -1.66. The Balaban J connectivity index is 2.37. The summed E-state index contributed by atoms with van der Waals surface area (Å²) in [6.45, 7) is 2.13. The van der Waals surface area contributed by atoms with Crippen molar-refractivity contribution >= 4 is 0 Å². The van der Waals surface area contributed by atoms with Crippen molar-refractivity contribution < 1.29 is 9.47 Å². The van der Waals surface area contributed by atoms with Crippen LogP contribution in [0.15, 0.2) is 41.1 Å². The van der Waals surface area contributed by atoms with E-state index in [2.05, 4.69) is 31.2 Å². The first kappa shape index (κ1) is 20.3. The molecule has 0 fully saturated rings.